The van der Waals surface area contributed by atoms with Crippen LogP contribution in [0.2, 0.25) is 0 Å². The van der Waals surface area contributed by atoms with Crippen molar-refractivity contribution in [2.45, 2.75) is 13.0 Å². The Morgan fingerprint density at radius 2 is 2.35 bits per heavy atom. The summed E-state index contributed by atoms with van der Waals surface area (Å²) in [7, 11) is 0. The van der Waals surface area contributed by atoms with E-state index in [9.17, 15) is 4.79 Å². The smallest absolute Gasteiger partial charge is 0.270 e. The van der Waals surface area contributed by atoms with Crippen LogP contribution in [0.15, 0.2) is 22.8 Å². The Hall–Kier alpha value is -1.83. The van der Waals surface area contributed by atoms with Crippen molar-refractivity contribution in [3.63, 3.8) is 0 Å². The maximum absolute atomic E-state index is 11.8. The molecule has 8 heteroatoms. The third-order valence-corrected chi connectivity index (χ3v) is 2.53. The number of carbonyl (C=O) groups excluding carboxylic acids is 1. The van der Waals surface area contributed by atoms with E-state index in [4.69, 9.17) is 0 Å². The van der Waals surface area contributed by atoms with E-state index in [1.54, 1.807) is 25.3 Å². The van der Waals surface area contributed by atoms with Crippen LogP contribution in [0.4, 0.5) is 0 Å². The Labute approximate surface area is 105 Å². The Bertz CT molecular complexity index is 497. The number of tetrazole rings is 1. The highest BCUT2D eigenvalue weighted by Gasteiger charge is 2.15. The van der Waals surface area contributed by atoms with Gasteiger partial charge in [-0.1, -0.05) is 5.21 Å². The first-order valence-electron chi connectivity index (χ1n) is 4.82. The zero-order chi connectivity index (χ0) is 12.3. The zero-order valence-electron chi connectivity index (χ0n) is 8.88. The molecule has 1 atom stereocenters. The molecule has 0 saturated carbocycles. The predicted octanol–water partition coefficient (Wildman–Crippen LogP) is 0.848. The Morgan fingerprint density at radius 3 is 2.94 bits per heavy atom. The lowest BCUT2D eigenvalue weighted by Crippen LogP contribution is -2.28. The van der Waals surface area contributed by atoms with Crippen LogP contribution in [0.25, 0.3) is 0 Å². The molecule has 17 heavy (non-hydrogen) atoms. The van der Waals surface area contributed by atoms with Crippen LogP contribution in [0.5, 0.6) is 0 Å². The number of nitrogens with zero attached hydrogens (tertiary/aromatic N) is 4. The molecule has 7 nitrogen and oxygen atoms in total. The average molecular weight is 297 g/mol. The highest BCUT2D eigenvalue weighted by Crippen LogP contribution is 2.09. The van der Waals surface area contributed by atoms with Crippen molar-refractivity contribution in [3.8, 4) is 0 Å². The monoisotopic (exact) mass is 296 g/mol. The van der Waals surface area contributed by atoms with E-state index in [0.29, 0.717) is 11.5 Å². The van der Waals surface area contributed by atoms with Crippen LogP contribution in [0.3, 0.4) is 0 Å². The van der Waals surface area contributed by atoms with Gasteiger partial charge in [0.15, 0.2) is 5.82 Å². The standard InChI is InChI=1S/C9H9BrN6O/c1-5(8-13-15-16-14-8)12-9(17)7-3-2-6(10)4-11-7/h2-5H,1H3,(H,12,17)(H,13,14,15,16). The van der Waals surface area contributed by atoms with Crippen molar-refractivity contribution in [2.24, 2.45) is 0 Å². The molecule has 0 radical (unpaired) electrons. The molecule has 0 aliphatic carbocycles. The van der Waals surface area contributed by atoms with Crippen molar-refractivity contribution in [1.82, 2.24) is 30.9 Å². The summed E-state index contributed by atoms with van der Waals surface area (Å²) in [6.07, 6.45) is 1.56. The number of halogens is 1. The van der Waals surface area contributed by atoms with Crippen LogP contribution in [0, 0.1) is 0 Å². The fraction of sp³-hybridized carbons (Fsp3) is 0.222. The first kappa shape index (κ1) is 11.6. The molecule has 0 aliphatic heterocycles. The van der Waals surface area contributed by atoms with Crippen LogP contribution in [-0.2, 0) is 0 Å². The van der Waals surface area contributed by atoms with Crippen molar-refractivity contribution in [1.29, 1.82) is 0 Å². The van der Waals surface area contributed by atoms with Crippen molar-refractivity contribution in [3.05, 3.63) is 34.3 Å². The van der Waals surface area contributed by atoms with Crippen molar-refractivity contribution >= 4 is 21.8 Å². The molecule has 0 bridgehead atoms. The topological polar surface area (TPSA) is 96.5 Å². The van der Waals surface area contributed by atoms with Gasteiger partial charge >= 0.3 is 0 Å². The summed E-state index contributed by atoms with van der Waals surface area (Å²) < 4.78 is 0.820. The van der Waals surface area contributed by atoms with Gasteiger partial charge in [0.25, 0.3) is 5.91 Å². The molecule has 2 rings (SSSR count). The van der Waals surface area contributed by atoms with Gasteiger partial charge < -0.3 is 5.32 Å². The van der Waals surface area contributed by atoms with Gasteiger partial charge in [0.2, 0.25) is 0 Å². The Kier molecular flexibility index (Phi) is 3.43. The number of hydrogen-bond donors (Lipinski definition) is 2. The van der Waals surface area contributed by atoms with Crippen LogP contribution >= 0.6 is 15.9 Å². The van der Waals surface area contributed by atoms with Gasteiger partial charge in [-0.3, -0.25) is 4.79 Å². The molecule has 0 saturated heterocycles. The minimum absolute atomic E-state index is 0.283. The number of carbonyl (C=O) groups is 1. The molecule has 1 amide bonds. The highest BCUT2D eigenvalue weighted by atomic mass is 79.9. The van der Waals surface area contributed by atoms with Crippen molar-refractivity contribution in [2.75, 3.05) is 0 Å². The summed E-state index contributed by atoms with van der Waals surface area (Å²) in [6.45, 7) is 1.77. The molecular weight excluding hydrogens is 288 g/mol. The first-order chi connectivity index (χ1) is 8.16. The third kappa shape index (κ3) is 2.84. The molecule has 2 aromatic rings. The fourth-order valence-corrected chi connectivity index (χ4v) is 1.43. The van der Waals surface area contributed by atoms with Crippen LogP contribution in [-0.4, -0.2) is 31.5 Å². The molecule has 0 aromatic carbocycles. The molecular formula is C9H9BrN6O. The lowest BCUT2D eigenvalue weighted by molar-refractivity contribution is 0.0933. The van der Waals surface area contributed by atoms with E-state index in [1.165, 1.54) is 0 Å². The molecule has 2 heterocycles. The SMILES string of the molecule is CC(NC(=O)c1ccc(Br)cn1)c1nn[nH]n1. The highest BCUT2D eigenvalue weighted by molar-refractivity contribution is 9.10. The minimum Gasteiger partial charge on any atom is -0.341 e. The van der Waals surface area contributed by atoms with Gasteiger partial charge in [-0.25, -0.2) is 4.98 Å². The number of amides is 1. The minimum atomic E-state index is -0.327. The summed E-state index contributed by atoms with van der Waals surface area (Å²) in [5.74, 6) is 0.144. The number of aromatic nitrogens is 5. The van der Waals surface area contributed by atoms with E-state index in [1.807, 2.05) is 0 Å². The second-order valence-corrected chi connectivity index (χ2v) is 4.24. The molecule has 0 fully saturated rings. The lowest BCUT2D eigenvalue weighted by Gasteiger charge is -2.09. The number of H-pyrrole nitrogens is 1. The average Bonchev–Trinajstić information content (AvgIpc) is 2.83. The number of nitrogens with one attached hydrogen (secondary N) is 2. The normalized spacial score (nSPS) is 12.1. The maximum atomic E-state index is 11.8. The third-order valence-electron chi connectivity index (χ3n) is 2.06. The summed E-state index contributed by atoms with van der Waals surface area (Å²) in [6, 6.07) is 3.05. The first-order valence-corrected chi connectivity index (χ1v) is 5.62. The number of hydrogen-bond acceptors (Lipinski definition) is 5. The summed E-state index contributed by atoms with van der Waals surface area (Å²) in [5.41, 5.74) is 0.337. The molecule has 2 N–H and O–H groups in total. The second-order valence-electron chi connectivity index (χ2n) is 3.33. The predicted molar refractivity (Wildman–Crippen MR) is 62.0 cm³/mol. The molecule has 2 aromatic heterocycles. The van der Waals surface area contributed by atoms with Gasteiger partial charge in [-0.15, -0.1) is 10.2 Å². The summed E-state index contributed by atoms with van der Waals surface area (Å²) in [4.78, 5) is 15.8. The zero-order valence-corrected chi connectivity index (χ0v) is 10.5. The van der Waals surface area contributed by atoms with Crippen LogP contribution < -0.4 is 5.32 Å². The Balaban J connectivity index is 2.04. The fourth-order valence-electron chi connectivity index (χ4n) is 1.20. The van der Waals surface area contributed by atoms with Crippen LogP contribution in [0.1, 0.15) is 29.3 Å². The summed E-state index contributed by atoms with van der Waals surface area (Å²) in [5, 5.41) is 16.0. The van der Waals surface area contributed by atoms with Gasteiger partial charge in [-0.05, 0) is 35.0 Å². The van der Waals surface area contributed by atoms with E-state index < -0.39 is 0 Å². The quantitative estimate of drug-likeness (QED) is 0.875. The van der Waals surface area contributed by atoms with E-state index in [-0.39, 0.29) is 11.9 Å². The Morgan fingerprint density at radius 1 is 1.53 bits per heavy atom. The van der Waals surface area contributed by atoms with E-state index in [0.717, 1.165) is 4.47 Å². The number of aromatic amines is 1. The number of pyridine rings is 1. The molecule has 0 spiro atoms. The lowest BCUT2D eigenvalue weighted by atomic mass is 10.3. The van der Waals surface area contributed by atoms with Crippen molar-refractivity contribution < 1.29 is 4.79 Å². The van der Waals surface area contributed by atoms with Gasteiger partial charge in [0, 0.05) is 10.7 Å². The largest absolute Gasteiger partial charge is 0.341 e. The van der Waals surface area contributed by atoms with Gasteiger partial charge in [0.05, 0.1) is 6.04 Å². The molecule has 0 aliphatic rings. The van der Waals surface area contributed by atoms with E-state index >= 15 is 0 Å². The summed E-state index contributed by atoms with van der Waals surface area (Å²) >= 11 is 3.25. The van der Waals surface area contributed by atoms with E-state index in [2.05, 4.69) is 46.9 Å². The molecule has 88 valence electrons. The second kappa shape index (κ2) is 5.00. The molecule has 1 unspecified atom stereocenters. The van der Waals surface area contributed by atoms with Gasteiger partial charge in [0.1, 0.15) is 5.69 Å². The van der Waals surface area contributed by atoms with Gasteiger partial charge in [-0.2, -0.15) is 5.21 Å². The number of rotatable bonds is 3. The maximum Gasteiger partial charge on any atom is 0.270 e.